The number of alkyl halides is 3. The molecule has 0 radical (unpaired) electrons. The van der Waals surface area contributed by atoms with Crippen LogP contribution >= 0.6 is 0 Å². The van der Waals surface area contributed by atoms with Crippen LogP contribution < -0.4 is 0 Å². The molecule has 0 saturated carbocycles. The van der Waals surface area contributed by atoms with Crippen LogP contribution in [0.5, 0.6) is 0 Å². The van der Waals surface area contributed by atoms with Gasteiger partial charge in [0, 0.05) is 12.8 Å². The van der Waals surface area contributed by atoms with Gasteiger partial charge in [0.1, 0.15) is 0 Å². The predicted molar refractivity (Wildman–Crippen MR) is 48.6 cm³/mol. The summed E-state index contributed by atoms with van der Waals surface area (Å²) >= 11 is 0. The Bertz CT molecular complexity index is 200. The SMILES string of the molecule is C#CCCC(C)(O)CCCC(F)(F)F. The van der Waals surface area contributed by atoms with E-state index in [9.17, 15) is 18.3 Å². The van der Waals surface area contributed by atoms with E-state index in [1.807, 2.05) is 0 Å². The zero-order valence-corrected chi connectivity index (χ0v) is 8.19. The number of aliphatic hydroxyl groups is 1. The van der Waals surface area contributed by atoms with Gasteiger partial charge in [-0.2, -0.15) is 13.2 Å². The molecule has 4 heteroatoms. The second-order valence-electron chi connectivity index (χ2n) is 3.67. The van der Waals surface area contributed by atoms with Gasteiger partial charge in [0.2, 0.25) is 0 Å². The summed E-state index contributed by atoms with van der Waals surface area (Å²) in [5.74, 6) is 2.35. The lowest BCUT2D eigenvalue weighted by molar-refractivity contribution is -0.137. The van der Waals surface area contributed by atoms with Gasteiger partial charge >= 0.3 is 6.18 Å². The van der Waals surface area contributed by atoms with E-state index in [0.717, 1.165) is 0 Å². The average molecular weight is 208 g/mol. The summed E-state index contributed by atoms with van der Waals surface area (Å²) in [7, 11) is 0. The van der Waals surface area contributed by atoms with Crippen molar-refractivity contribution < 1.29 is 18.3 Å². The van der Waals surface area contributed by atoms with Crippen LogP contribution in [0.25, 0.3) is 0 Å². The zero-order valence-electron chi connectivity index (χ0n) is 8.19. The minimum atomic E-state index is -4.14. The maximum absolute atomic E-state index is 11.8. The Hall–Kier alpha value is -0.690. The fourth-order valence-electron chi connectivity index (χ4n) is 1.14. The lowest BCUT2D eigenvalue weighted by Crippen LogP contribution is -2.24. The molecule has 0 bridgehead atoms. The maximum atomic E-state index is 11.8. The third kappa shape index (κ3) is 7.93. The molecule has 0 aliphatic rings. The molecule has 1 atom stereocenters. The van der Waals surface area contributed by atoms with Crippen molar-refractivity contribution in [2.75, 3.05) is 0 Å². The van der Waals surface area contributed by atoms with Crippen LogP contribution in [-0.2, 0) is 0 Å². The Morgan fingerprint density at radius 2 is 1.79 bits per heavy atom. The molecule has 0 heterocycles. The Labute approximate surface area is 82.3 Å². The van der Waals surface area contributed by atoms with Crippen molar-refractivity contribution in [1.29, 1.82) is 0 Å². The third-order valence-electron chi connectivity index (χ3n) is 1.98. The number of rotatable bonds is 5. The van der Waals surface area contributed by atoms with Gasteiger partial charge in [-0.1, -0.05) is 0 Å². The monoisotopic (exact) mass is 208 g/mol. The van der Waals surface area contributed by atoms with Crippen LogP contribution in [0.4, 0.5) is 13.2 Å². The van der Waals surface area contributed by atoms with Gasteiger partial charge in [-0.05, 0) is 26.2 Å². The summed E-state index contributed by atoms with van der Waals surface area (Å²) < 4.78 is 35.3. The molecule has 0 aromatic carbocycles. The molecular formula is C10H15F3O. The molecule has 14 heavy (non-hydrogen) atoms. The van der Waals surface area contributed by atoms with Gasteiger partial charge in [-0.3, -0.25) is 0 Å². The second-order valence-corrected chi connectivity index (χ2v) is 3.67. The highest BCUT2D eigenvalue weighted by Crippen LogP contribution is 2.26. The van der Waals surface area contributed by atoms with Gasteiger partial charge in [-0.25, -0.2) is 0 Å². The third-order valence-corrected chi connectivity index (χ3v) is 1.98. The van der Waals surface area contributed by atoms with Crippen LogP contribution in [-0.4, -0.2) is 16.9 Å². The molecule has 82 valence electrons. The molecule has 1 unspecified atom stereocenters. The summed E-state index contributed by atoms with van der Waals surface area (Å²) in [5.41, 5.74) is -1.07. The minimum absolute atomic E-state index is 0.0545. The second kappa shape index (κ2) is 5.26. The van der Waals surface area contributed by atoms with E-state index in [1.165, 1.54) is 6.92 Å². The molecule has 0 rings (SSSR count). The van der Waals surface area contributed by atoms with Crippen molar-refractivity contribution in [1.82, 2.24) is 0 Å². The number of halogens is 3. The van der Waals surface area contributed by atoms with Crippen molar-refractivity contribution in [2.24, 2.45) is 0 Å². The summed E-state index contributed by atoms with van der Waals surface area (Å²) in [5, 5.41) is 9.58. The van der Waals surface area contributed by atoms with Gasteiger partial charge in [0.15, 0.2) is 0 Å². The van der Waals surface area contributed by atoms with Crippen molar-refractivity contribution in [3.63, 3.8) is 0 Å². The summed E-state index contributed by atoms with van der Waals surface area (Å²) in [6.07, 6.45) is 0.823. The van der Waals surface area contributed by atoms with Crippen LogP contribution in [0.1, 0.15) is 39.0 Å². The van der Waals surface area contributed by atoms with E-state index >= 15 is 0 Å². The van der Waals surface area contributed by atoms with Crippen molar-refractivity contribution >= 4 is 0 Å². The molecule has 0 amide bonds. The Balaban J connectivity index is 3.72. The Morgan fingerprint density at radius 1 is 1.21 bits per heavy atom. The molecule has 0 aliphatic heterocycles. The van der Waals surface area contributed by atoms with Crippen LogP contribution in [0.15, 0.2) is 0 Å². The van der Waals surface area contributed by atoms with Crippen molar-refractivity contribution in [3.8, 4) is 12.3 Å². The standard InChI is InChI=1S/C10H15F3O/c1-3-4-6-9(2,14)7-5-8-10(11,12)13/h1,14H,4-8H2,2H3. The fraction of sp³-hybridized carbons (Fsp3) is 0.800. The molecule has 0 fully saturated rings. The largest absolute Gasteiger partial charge is 0.390 e. The highest BCUT2D eigenvalue weighted by Gasteiger charge is 2.28. The van der Waals surface area contributed by atoms with Gasteiger partial charge in [0.25, 0.3) is 0 Å². The molecule has 1 N–H and O–H groups in total. The topological polar surface area (TPSA) is 20.2 Å². The average Bonchev–Trinajstić information content (AvgIpc) is 1.98. The van der Waals surface area contributed by atoms with E-state index in [-0.39, 0.29) is 12.8 Å². The normalized spacial score (nSPS) is 16.0. The highest BCUT2D eigenvalue weighted by molar-refractivity contribution is 4.87. The van der Waals surface area contributed by atoms with E-state index in [0.29, 0.717) is 12.8 Å². The minimum Gasteiger partial charge on any atom is -0.390 e. The van der Waals surface area contributed by atoms with E-state index in [2.05, 4.69) is 5.92 Å². The summed E-state index contributed by atoms with van der Waals surface area (Å²) in [4.78, 5) is 0. The zero-order chi connectivity index (χ0) is 11.2. The van der Waals surface area contributed by atoms with Gasteiger partial charge < -0.3 is 5.11 Å². The molecule has 0 aliphatic carbocycles. The first-order valence-electron chi connectivity index (χ1n) is 4.49. The summed E-state index contributed by atoms with van der Waals surface area (Å²) in [6, 6.07) is 0. The van der Waals surface area contributed by atoms with Gasteiger partial charge in [0.05, 0.1) is 5.60 Å². The molecular weight excluding hydrogens is 193 g/mol. The molecule has 0 aromatic rings. The van der Waals surface area contributed by atoms with Crippen LogP contribution in [0, 0.1) is 12.3 Å². The fourth-order valence-corrected chi connectivity index (χ4v) is 1.14. The first-order chi connectivity index (χ1) is 6.27. The molecule has 0 aromatic heterocycles. The lowest BCUT2D eigenvalue weighted by atomic mass is 9.94. The van der Waals surface area contributed by atoms with Crippen LogP contribution in [0.3, 0.4) is 0 Å². The quantitative estimate of drug-likeness (QED) is 0.689. The Morgan fingerprint density at radius 3 is 2.21 bits per heavy atom. The predicted octanol–water partition coefficient (Wildman–Crippen LogP) is 2.88. The van der Waals surface area contributed by atoms with E-state index in [4.69, 9.17) is 6.42 Å². The van der Waals surface area contributed by atoms with E-state index < -0.39 is 18.2 Å². The lowest BCUT2D eigenvalue weighted by Gasteiger charge is -2.22. The number of terminal acetylenes is 1. The van der Waals surface area contributed by atoms with Crippen molar-refractivity contribution in [3.05, 3.63) is 0 Å². The summed E-state index contributed by atoms with van der Waals surface area (Å²) in [6.45, 7) is 1.51. The number of hydrogen-bond donors (Lipinski definition) is 1. The molecule has 0 saturated heterocycles. The smallest absolute Gasteiger partial charge is 0.389 e. The highest BCUT2D eigenvalue weighted by atomic mass is 19.4. The van der Waals surface area contributed by atoms with Gasteiger partial charge in [-0.15, -0.1) is 12.3 Å². The van der Waals surface area contributed by atoms with E-state index in [1.54, 1.807) is 0 Å². The van der Waals surface area contributed by atoms with Crippen LogP contribution in [0.2, 0.25) is 0 Å². The molecule has 1 nitrogen and oxygen atoms in total. The van der Waals surface area contributed by atoms with Crippen molar-refractivity contribution in [2.45, 2.75) is 50.8 Å². The number of hydrogen-bond acceptors (Lipinski definition) is 1. The maximum Gasteiger partial charge on any atom is 0.389 e. The first-order valence-corrected chi connectivity index (χ1v) is 4.49. The first kappa shape index (κ1) is 13.3. The molecule has 0 spiro atoms. The Kier molecular flexibility index (Phi) is 5.00.